The number of rotatable bonds is 0. The quantitative estimate of drug-likeness (QED) is 0.251. The van der Waals surface area contributed by atoms with Crippen molar-refractivity contribution in [3.05, 3.63) is 121 Å². The molecule has 4 rings (SSSR count). The first kappa shape index (κ1) is 26.8. The maximum atomic E-state index is 2.00. The van der Waals surface area contributed by atoms with Gasteiger partial charge in [-0.25, -0.2) is 36.4 Å². The van der Waals surface area contributed by atoms with E-state index in [1.807, 2.05) is 121 Å². The smallest absolute Gasteiger partial charge is 0.748 e. The predicted molar refractivity (Wildman–Crippen MR) is 88.1 cm³/mol. The Morgan fingerprint density at radius 2 is 0.522 bits per heavy atom. The van der Waals surface area contributed by atoms with E-state index in [1.165, 1.54) is 0 Å². The van der Waals surface area contributed by atoms with Gasteiger partial charge < -0.3 is 30.3 Å². The van der Waals surface area contributed by atoms with Gasteiger partial charge in [-0.1, -0.05) is 0 Å². The summed E-state index contributed by atoms with van der Waals surface area (Å²) in [5.41, 5.74) is 0. The average molecular weight is 431 g/mol. The molecule has 0 heterocycles. The molecular weight excluding hydrogens is 411 g/mol. The van der Waals surface area contributed by atoms with Crippen molar-refractivity contribution in [2.75, 3.05) is 0 Å². The van der Waals surface area contributed by atoms with E-state index in [9.17, 15) is 0 Å². The van der Waals surface area contributed by atoms with Crippen LogP contribution >= 0.6 is 0 Å². The molecule has 0 bridgehead atoms. The van der Waals surface area contributed by atoms with Crippen molar-refractivity contribution in [3.63, 3.8) is 0 Å². The van der Waals surface area contributed by atoms with E-state index in [0.29, 0.717) is 0 Å². The van der Waals surface area contributed by atoms with Crippen LogP contribution < -0.4 is 0 Å². The molecule has 0 aromatic heterocycles. The average Bonchev–Trinajstić information content (AvgIpc) is 3.40. The molecule has 0 nitrogen and oxygen atoms in total. The van der Waals surface area contributed by atoms with E-state index in [1.54, 1.807) is 0 Å². The van der Waals surface area contributed by atoms with Gasteiger partial charge in [0.25, 0.3) is 0 Å². The molecule has 0 aliphatic heterocycles. The maximum Gasteiger partial charge on any atom is 2.00 e. The topological polar surface area (TPSA) is 0 Å². The summed E-state index contributed by atoms with van der Waals surface area (Å²) in [6.45, 7) is 0. The Morgan fingerprint density at radius 1 is 0.348 bits per heavy atom. The van der Waals surface area contributed by atoms with Crippen molar-refractivity contribution < 1.29 is 50.6 Å². The molecule has 0 saturated carbocycles. The second-order valence-electron chi connectivity index (χ2n) is 3.85. The summed E-state index contributed by atoms with van der Waals surface area (Å²) in [7, 11) is 0. The van der Waals surface area contributed by atoms with Gasteiger partial charge in [-0.05, 0) is 0 Å². The first-order valence-electron chi connectivity index (χ1n) is 6.67. The van der Waals surface area contributed by atoms with Crippen molar-refractivity contribution in [3.8, 4) is 0 Å². The Labute approximate surface area is 171 Å². The summed E-state index contributed by atoms with van der Waals surface area (Å²) in [6.07, 6.45) is 0. The third-order valence-electron chi connectivity index (χ3n) is 2.22. The Morgan fingerprint density at radius 3 is 0.609 bits per heavy atom. The molecule has 0 atom stereocenters. The summed E-state index contributed by atoms with van der Waals surface area (Å²) in [5, 5.41) is 0. The van der Waals surface area contributed by atoms with Gasteiger partial charge in [0, 0.05) is 34.1 Å². The molecule has 0 aliphatic carbocycles. The molecule has 0 fully saturated rings. The molecule has 4 aromatic carbocycles. The minimum Gasteiger partial charge on any atom is -0.748 e. The second kappa shape index (κ2) is 23.2. The van der Waals surface area contributed by atoms with Gasteiger partial charge in [0.15, 0.2) is 0 Å². The van der Waals surface area contributed by atoms with Crippen LogP contribution in [0.5, 0.6) is 0 Å². The second-order valence-corrected chi connectivity index (χ2v) is 3.85. The van der Waals surface area contributed by atoms with Crippen molar-refractivity contribution in [1.82, 2.24) is 0 Å². The van der Waals surface area contributed by atoms with Crippen LogP contribution in [-0.2, 0) is 50.6 Å². The predicted octanol–water partition coefficient (Wildman–Crippen LogP) is 5.61. The normalized spacial score (nSPS) is 6.96. The molecule has 132 valence electrons. The minimum absolute atomic E-state index is 0. The van der Waals surface area contributed by atoms with Gasteiger partial charge >= 0.3 is 16.5 Å². The summed E-state index contributed by atoms with van der Waals surface area (Å²) < 4.78 is 0. The standard InChI is InChI=1S/4C5H5.2Fe.Ni/c4*1-2-4-5-3-1;;;/h4*1-5H;;;/q-5;3*-1;;;+2. The van der Waals surface area contributed by atoms with E-state index in [0.717, 1.165) is 0 Å². The zero-order valence-electron chi connectivity index (χ0n) is 12.6. The monoisotopic (exact) mass is 430 g/mol. The third kappa shape index (κ3) is 20.9. The molecule has 3 heteroatoms. The van der Waals surface area contributed by atoms with Crippen molar-refractivity contribution in [2.45, 2.75) is 0 Å². The zero-order chi connectivity index (χ0) is 14.1. The molecule has 0 spiro atoms. The van der Waals surface area contributed by atoms with Crippen molar-refractivity contribution >= 4 is 0 Å². The summed E-state index contributed by atoms with van der Waals surface area (Å²) >= 11 is 0. The fourth-order valence-corrected chi connectivity index (χ4v) is 1.28. The minimum atomic E-state index is 0. The first-order valence-corrected chi connectivity index (χ1v) is 6.67. The first-order chi connectivity index (χ1) is 10.0. The van der Waals surface area contributed by atoms with Crippen LogP contribution in [0.2, 0.25) is 0 Å². The van der Waals surface area contributed by atoms with Gasteiger partial charge in [0.05, 0.1) is 0 Å². The third-order valence-corrected chi connectivity index (χ3v) is 2.22. The summed E-state index contributed by atoms with van der Waals surface area (Å²) in [6, 6.07) is 40.0. The van der Waals surface area contributed by atoms with Gasteiger partial charge in [0.2, 0.25) is 0 Å². The molecule has 0 radical (unpaired) electrons. The van der Waals surface area contributed by atoms with E-state index in [4.69, 9.17) is 0 Å². The molecule has 4 aromatic rings. The SMILES string of the molecule is [Fe].[Fe].[Ni+2].[cH-]1[cH-][cH-][cH-][cH-]1.c1cc[cH-]c1.c1cc[cH-]c1.c1cc[cH-]c1. The number of hydrogen-bond acceptors (Lipinski definition) is 0. The van der Waals surface area contributed by atoms with E-state index >= 15 is 0 Å². The molecule has 0 amide bonds. The Kier molecular flexibility index (Phi) is 27.0. The van der Waals surface area contributed by atoms with Crippen LogP contribution in [0, 0.1) is 0 Å². The van der Waals surface area contributed by atoms with Crippen LogP contribution in [0.25, 0.3) is 0 Å². The molecule has 23 heavy (non-hydrogen) atoms. The zero-order valence-corrected chi connectivity index (χ0v) is 15.8. The molecular formula is C20H20Fe2Ni-6. The Hall–Kier alpha value is -1.07. The van der Waals surface area contributed by atoms with E-state index in [-0.39, 0.29) is 50.6 Å². The molecule has 0 N–H and O–H groups in total. The Bertz CT molecular complexity index is 347. The van der Waals surface area contributed by atoms with Crippen molar-refractivity contribution in [2.24, 2.45) is 0 Å². The Balaban J connectivity index is -0.000000222. The summed E-state index contributed by atoms with van der Waals surface area (Å²) in [5.74, 6) is 0. The van der Waals surface area contributed by atoms with Crippen LogP contribution in [-0.4, -0.2) is 0 Å². The molecule has 0 aliphatic rings. The fourth-order valence-electron chi connectivity index (χ4n) is 1.28. The maximum absolute atomic E-state index is 2.00. The van der Waals surface area contributed by atoms with Gasteiger partial charge in [-0.3, -0.25) is 0 Å². The van der Waals surface area contributed by atoms with Crippen LogP contribution in [0.3, 0.4) is 0 Å². The van der Waals surface area contributed by atoms with E-state index in [2.05, 4.69) is 0 Å². The fraction of sp³-hybridized carbons (Fsp3) is 0. The van der Waals surface area contributed by atoms with Gasteiger partial charge in [-0.2, -0.15) is 54.6 Å². The van der Waals surface area contributed by atoms with Gasteiger partial charge in [0.1, 0.15) is 0 Å². The number of hydrogen-bond donors (Lipinski definition) is 0. The van der Waals surface area contributed by atoms with Crippen LogP contribution in [0.1, 0.15) is 0 Å². The van der Waals surface area contributed by atoms with Crippen molar-refractivity contribution in [1.29, 1.82) is 0 Å². The molecule has 0 saturated heterocycles. The van der Waals surface area contributed by atoms with Crippen LogP contribution in [0.15, 0.2) is 121 Å². The largest absolute Gasteiger partial charge is 2.00 e. The van der Waals surface area contributed by atoms with E-state index < -0.39 is 0 Å². The molecule has 0 unspecified atom stereocenters. The van der Waals surface area contributed by atoms with Gasteiger partial charge in [-0.15, -0.1) is 0 Å². The summed E-state index contributed by atoms with van der Waals surface area (Å²) in [4.78, 5) is 0. The van der Waals surface area contributed by atoms with Crippen LogP contribution in [0.4, 0.5) is 0 Å².